The number of para-hydroxylation sites is 3. The zero-order valence-electron chi connectivity index (χ0n) is 30.0. The van der Waals surface area contributed by atoms with Crippen LogP contribution in [0.1, 0.15) is 0 Å². The summed E-state index contributed by atoms with van der Waals surface area (Å²) in [4.78, 5) is 25.6. The Hall–Kier alpha value is -7.77. The van der Waals surface area contributed by atoms with E-state index in [1.54, 1.807) is 0 Å². The SMILES string of the molecule is c1ccc(-c2nc(-c3ccccc3)nc(-c3ccccc3-c3cc(-n4c5ccccc5c5ccccc54)nc(-n4c5ccccc5c5ncccc54)c3)n2)cc1. The summed E-state index contributed by atoms with van der Waals surface area (Å²) in [5, 5.41) is 3.41. The summed E-state index contributed by atoms with van der Waals surface area (Å²) in [6.45, 7) is 0. The van der Waals surface area contributed by atoms with Crippen molar-refractivity contribution in [2.75, 3.05) is 0 Å². The summed E-state index contributed by atoms with van der Waals surface area (Å²) in [6, 6.07) is 62.5. The minimum Gasteiger partial charge on any atom is -0.294 e. The largest absolute Gasteiger partial charge is 0.294 e. The molecule has 0 radical (unpaired) electrons. The van der Waals surface area contributed by atoms with Gasteiger partial charge in [0, 0.05) is 39.0 Å². The van der Waals surface area contributed by atoms with Gasteiger partial charge in [0.05, 0.1) is 27.6 Å². The maximum absolute atomic E-state index is 5.51. The second-order valence-corrected chi connectivity index (χ2v) is 13.7. The molecule has 0 spiro atoms. The second kappa shape index (κ2) is 13.0. The van der Waals surface area contributed by atoms with Crippen LogP contribution in [0.5, 0.6) is 0 Å². The predicted octanol–water partition coefficient (Wildman–Crippen LogP) is 11.5. The molecule has 0 saturated heterocycles. The van der Waals surface area contributed by atoms with Gasteiger partial charge in [-0.05, 0) is 53.6 Å². The van der Waals surface area contributed by atoms with Crippen molar-refractivity contribution in [3.05, 3.63) is 188 Å². The van der Waals surface area contributed by atoms with Crippen molar-refractivity contribution in [3.8, 4) is 56.9 Å². The number of fused-ring (bicyclic) bond motifs is 6. The minimum atomic E-state index is 0.589. The maximum Gasteiger partial charge on any atom is 0.164 e. The number of pyridine rings is 2. The van der Waals surface area contributed by atoms with E-state index in [9.17, 15) is 0 Å². The molecule has 0 aliphatic heterocycles. The van der Waals surface area contributed by atoms with E-state index in [1.165, 1.54) is 10.8 Å². The summed E-state index contributed by atoms with van der Waals surface area (Å²) in [5.41, 5.74) is 9.79. The van der Waals surface area contributed by atoms with Gasteiger partial charge >= 0.3 is 0 Å². The van der Waals surface area contributed by atoms with Gasteiger partial charge in [0.2, 0.25) is 0 Å². The van der Waals surface area contributed by atoms with E-state index in [1.807, 2.05) is 79.0 Å². The van der Waals surface area contributed by atoms with Gasteiger partial charge in [0.1, 0.15) is 11.6 Å². The minimum absolute atomic E-state index is 0.589. The van der Waals surface area contributed by atoms with Crippen LogP contribution >= 0.6 is 0 Å². The van der Waals surface area contributed by atoms with Crippen LogP contribution in [0.3, 0.4) is 0 Å². The Balaban J connectivity index is 1.21. The molecule has 7 nitrogen and oxygen atoms in total. The van der Waals surface area contributed by atoms with Gasteiger partial charge in [-0.15, -0.1) is 0 Å². The topological polar surface area (TPSA) is 74.3 Å². The Morgan fingerprint density at radius 2 is 0.768 bits per heavy atom. The maximum atomic E-state index is 5.51. The molecule has 0 unspecified atom stereocenters. The molecule has 11 rings (SSSR count). The van der Waals surface area contributed by atoms with Crippen LogP contribution in [0.25, 0.3) is 101 Å². The highest BCUT2D eigenvalue weighted by Gasteiger charge is 2.21. The summed E-state index contributed by atoms with van der Waals surface area (Å²) >= 11 is 0. The highest BCUT2D eigenvalue weighted by Crippen LogP contribution is 2.38. The summed E-state index contributed by atoms with van der Waals surface area (Å²) in [7, 11) is 0. The molecule has 5 heterocycles. The molecule has 5 aromatic heterocycles. The monoisotopic (exact) mass is 717 g/mol. The van der Waals surface area contributed by atoms with Crippen molar-refractivity contribution in [2.24, 2.45) is 0 Å². The average Bonchev–Trinajstić information content (AvgIpc) is 3.80. The fourth-order valence-electron chi connectivity index (χ4n) is 7.94. The third kappa shape index (κ3) is 5.17. The molecule has 0 atom stereocenters. The molecule has 0 amide bonds. The third-order valence-electron chi connectivity index (χ3n) is 10.4. The predicted molar refractivity (Wildman–Crippen MR) is 226 cm³/mol. The Bertz CT molecular complexity index is 2960. The lowest BCUT2D eigenvalue weighted by molar-refractivity contribution is 1.01. The molecule has 0 fully saturated rings. The van der Waals surface area contributed by atoms with Crippen LogP contribution in [0.15, 0.2) is 188 Å². The second-order valence-electron chi connectivity index (χ2n) is 13.7. The van der Waals surface area contributed by atoms with Crippen molar-refractivity contribution in [1.29, 1.82) is 0 Å². The first-order chi connectivity index (χ1) is 27.8. The number of rotatable bonds is 6. The van der Waals surface area contributed by atoms with E-state index in [-0.39, 0.29) is 0 Å². The zero-order valence-corrected chi connectivity index (χ0v) is 30.0. The molecule has 0 saturated carbocycles. The normalized spacial score (nSPS) is 11.6. The van der Waals surface area contributed by atoms with Gasteiger partial charge in [0.15, 0.2) is 17.5 Å². The smallest absolute Gasteiger partial charge is 0.164 e. The van der Waals surface area contributed by atoms with E-state index in [2.05, 4.69) is 118 Å². The van der Waals surface area contributed by atoms with Gasteiger partial charge in [-0.2, -0.15) is 0 Å². The lowest BCUT2D eigenvalue weighted by Crippen LogP contribution is -2.05. The van der Waals surface area contributed by atoms with Gasteiger partial charge in [-0.1, -0.05) is 140 Å². The highest BCUT2D eigenvalue weighted by molar-refractivity contribution is 6.09. The molecule has 11 aromatic rings. The molecule has 0 aliphatic carbocycles. The molecular weight excluding hydrogens is 687 g/mol. The number of aromatic nitrogens is 7. The number of hydrogen-bond donors (Lipinski definition) is 0. The van der Waals surface area contributed by atoms with Crippen LogP contribution in [-0.4, -0.2) is 34.1 Å². The fraction of sp³-hybridized carbons (Fsp3) is 0. The van der Waals surface area contributed by atoms with Crippen LogP contribution in [0, 0.1) is 0 Å². The Morgan fingerprint density at radius 3 is 1.38 bits per heavy atom. The first-order valence-electron chi connectivity index (χ1n) is 18.6. The fourth-order valence-corrected chi connectivity index (χ4v) is 7.94. The quantitative estimate of drug-likeness (QED) is 0.171. The molecule has 0 N–H and O–H groups in total. The summed E-state index contributed by atoms with van der Waals surface area (Å²) in [6.07, 6.45) is 1.85. The van der Waals surface area contributed by atoms with Crippen molar-refractivity contribution in [1.82, 2.24) is 34.1 Å². The summed E-state index contributed by atoms with van der Waals surface area (Å²) in [5.74, 6) is 3.39. The van der Waals surface area contributed by atoms with Crippen LogP contribution in [0.4, 0.5) is 0 Å². The molecule has 6 aromatic carbocycles. The van der Waals surface area contributed by atoms with Crippen molar-refractivity contribution in [3.63, 3.8) is 0 Å². The molecular formula is C49H31N7. The van der Waals surface area contributed by atoms with Crippen molar-refractivity contribution in [2.45, 2.75) is 0 Å². The van der Waals surface area contributed by atoms with Gasteiger partial charge in [0.25, 0.3) is 0 Å². The number of nitrogens with zero attached hydrogens (tertiary/aromatic N) is 7. The van der Waals surface area contributed by atoms with Gasteiger partial charge < -0.3 is 0 Å². The zero-order chi connectivity index (χ0) is 37.0. The third-order valence-corrected chi connectivity index (χ3v) is 10.4. The number of hydrogen-bond acceptors (Lipinski definition) is 5. The molecule has 0 bridgehead atoms. The highest BCUT2D eigenvalue weighted by atomic mass is 15.1. The van der Waals surface area contributed by atoms with Crippen LogP contribution < -0.4 is 0 Å². The first kappa shape index (κ1) is 31.7. The van der Waals surface area contributed by atoms with Crippen molar-refractivity contribution >= 4 is 43.7 Å². The van der Waals surface area contributed by atoms with Gasteiger partial charge in [-0.3, -0.25) is 14.1 Å². The molecule has 0 aliphatic rings. The Morgan fingerprint density at radius 1 is 0.321 bits per heavy atom. The molecule has 7 heteroatoms. The van der Waals surface area contributed by atoms with Gasteiger partial charge in [-0.25, -0.2) is 19.9 Å². The van der Waals surface area contributed by atoms with Crippen molar-refractivity contribution < 1.29 is 0 Å². The Labute approximate surface area is 321 Å². The first-order valence-corrected chi connectivity index (χ1v) is 18.6. The Kier molecular flexibility index (Phi) is 7.35. The lowest BCUT2D eigenvalue weighted by atomic mass is 9.99. The van der Waals surface area contributed by atoms with E-state index < -0.39 is 0 Å². The van der Waals surface area contributed by atoms with E-state index in [4.69, 9.17) is 24.9 Å². The van der Waals surface area contributed by atoms with Crippen LogP contribution in [-0.2, 0) is 0 Å². The van der Waals surface area contributed by atoms with E-state index in [0.29, 0.717) is 17.5 Å². The number of benzene rings is 6. The summed E-state index contributed by atoms with van der Waals surface area (Å²) < 4.78 is 4.50. The van der Waals surface area contributed by atoms with Crippen LogP contribution in [0.2, 0.25) is 0 Å². The molecule has 262 valence electrons. The standard InChI is InChI=1S/C49H31N7/c1-3-16-32(17-4-1)47-52-48(33-18-5-2-6-19-33)54-49(53-47)38-23-8-7-20-35(38)34-30-44(55-40-25-12-9-21-36(40)37-22-10-13-26-41(37)55)51-45(31-34)56-42-27-14-11-24-39(42)46-43(56)28-15-29-50-46/h1-31H. The van der Waals surface area contributed by atoms with E-state index in [0.717, 1.165) is 72.4 Å². The lowest BCUT2D eigenvalue weighted by Gasteiger charge is -2.16. The molecule has 56 heavy (non-hydrogen) atoms. The van der Waals surface area contributed by atoms with E-state index >= 15 is 0 Å². The average molecular weight is 718 g/mol.